The first kappa shape index (κ1) is 22.2. The Kier molecular flexibility index (Phi) is 11.9. The first-order valence-corrected chi connectivity index (χ1v) is 10.6. The molecule has 1 N–H and O–H groups in total. The Morgan fingerprint density at radius 2 is 1.36 bits per heavy atom. The van der Waals surface area contributed by atoms with Crippen LogP contribution in [0.15, 0.2) is 24.3 Å². The number of benzene rings is 1. The van der Waals surface area contributed by atoms with Crippen LogP contribution in [0.2, 0.25) is 0 Å². The molecule has 0 fully saturated rings. The first-order valence-electron chi connectivity index (χ1n) is 10.6. The minimum absolute atomic E-state index is 0.287. The third-order valence-corrected chi connectivity index (χ3v) is 4.94. The van der Waals surface area contributed by atoms with E-state index in [2.05, 4.69) is 57.4 Å². The predicted molar refractivity (Wildman–Crippen MR) is 110 cm³/mol. The molecular formula is C23H41NO. The van der Waals surface area contributed by atoms with Crippen molar-refractivity contribution < 1.29 is 4.84 Å². The van der Waals surface area contributed by atoms with Crippen LogP contribution < -0.4 is 5.48 Å². The van der Waals surface area contributed by atoms with E-state index in [1.165, 1.54) is 75.3 Å². The zero-order valence-electron chi connectivity index (χ0n) is 17.2. The highest BCUT2D eigenvalue weighted by Crippen LogP contribution is 2.28. The second-order valence-corrected chi connectivity index (χ2v) is 7.70. The SMILES string of the molecule is CCCCCCCCCCCCc1ccccc1C(C)(C)ONCC. The molecule has 0 saturated carbocycles. The molecule has 0 unspecified atom stereocenters. The maximum atomic E-state index is 5.86. The van der Waals surface area contributed by atoms with Crippen molar-refractivity contribution in [2.75, 3.05) is 6.54 Å². The summed E-state index contributed by atoms with van der Waals surface area (Å²) in [4.78, 5) is 5.86. The number of nitrogens with one attached hydrogen (secondary N) is 1. The lowest BCUT2D eigenvalue weighted by molar-refractivity contribution is -0.0876. The Morgan fingerprint density at radius 1 is 0.800 bits per heavy atom. The van der Waals surface area contributed by atoms with Gasteiger partial charge in [-0.05, 0) is 37.8 Å². The van der Waals surface area contributed by atoms with Crippen molar-refractivity contribution in [2.45, 2.75) is 104 Å². The predicted octanol–water partition coefficient (Wildman–Crippen LogP) is 6.93. The molecule has 0 amide bonds. The summed E-state index contributed by atoms with van der Waals surface area (Å²) in [6.45, 7) is 9.46. The maximum Gasteiger partial charge on any atom is 0.109 e. The van der Waals surface area contributed by atoms with Crippen LogP contribution in [0.1, 0.15) is 103 Å². The standard InChI is InChI=1S/C23H41NO/c1-5-7-8-9-10-11-12-13-14-15-18-21-19-16-17-20-22(21)23(3,4)25-24-6-2/h16-17,19-20,24H,5-15,18H2,1-4H3. The third kappa shape index (κ3) is 9.42. The molecular weight excluding hydrogens is 306 g/mol. The molecule has 0 aliphatic rings. The van der Waals surface area contributed by atoms with E-state index in [9.17, 15) is 0 Å². The number of aryl methyl sites for hydroxylation is 1. The molecule has 0 bridgehead atoms. The van der Waals surface area contributed by atoms with E-state index in [1.807, 2.05) is 0 Å². The van der Waals surface area contributed by atoms with Gasteiger partial charge in [-0.25, -0.2) is 5.48 Å². The Hall–Kier alpha value is -0.860. The van der Waals surface area contributed by atoms with Gasteiger partial charge in [0.2, 0.25) is 0 Å². The molecule has 1 aromatic rings. The van der Waals surface area contributed by atoms with E-state index >= 15 is 0 Å². The van der Waals surface area contributed by atoms with E-state index in [4.69, 9.17) is 4.84 Å². The van der Waals surface area contributed by atoms with Crippen LogP contribution in [0.5, 0.6) is 0 Å². The van der Waals surface area contributed by atoms with Crippen LogP contribution in [0.3, 0.4) is 0 Å². The van der Waals surface area contributed by atoms with Gasteiger partial charge in [0.15, 0.2) is 0 Å². The monoisotopic (exact) mass is 347 g/mol. The summed E-state index contributed by atoms with van der Waals surface area (Å²) in [6, 6.07) is 8.75. The maximum absolute atomic E-state index is 5.86. The fraction of sp³-hybridized carbons (Fsp3) is 0.739. The Balaban J connectivity index is 2.27. The van der Waals surface area contributed by atoms with Gasteiger partial charge in [0.1, 0.15) is 5.60 Å². The topological polar surface area (TPSA) is 21.3 Å². The average molecular weight is 348 g/mol. The first-order chi connectivity index (χ1) is 12.1. The van der Waals surface area contributed by atoms with Gasteiger partial charge >= 0.3 is 0 Å². The molecule has 0 atom stereocenters. The molecule has 0 spiro atoms. The number of hydrogen-bond acceptors (Lipinski definition) is 2. The summed E-state index contributed by atoms with van der Waals surface area (Å²) in [7, 11) is 0. The Morgan fingerprint density at radius 3 is 1.96 bits per heavy atom. The van der Waals surface area contributed by atoms with Crippen molar-refractivity contribution in [1.29, 1.82) is 0 Å². The highest BCUT2D eigenvalue weighted by atomic mass is 16.7. The van der Waals surface area contributed by atoms with Crippen molar-refractivity contribution in [1.82, 2.24) is 5.48 Å². The summed E-state index contributed by atoms with van der Waals surface area (Å²) in [5.41, 5.74) is 5.48. The molecule has 144 valence electrons. The summed E-state index contributed by atoms with van der Waals surface area (Å²) in [6.07, 6.45) is 15.0. The highest BCUT2D eigenvalue weighted by Gasteiger charge is 2.24. The summed E-state index contributed by atoms with van der Waals surface area (Å²) >= 11 is 0. The van der Waals surface area contributed by atoms with Gasteiger partial charge in [-0.2, -0.15) is 0 Å². The number of unbranched alkanes of at least 4 members (excludes halogenated alkanes) is 9. The zero-order valence-corrected chi connectivity index (χ0v) is 17.2. The van der Waals surface area contributed by atoms with Crippen LogP contribution in [0.4, 0.5) is 0 Å². The van der Waals surface area contributed by atoms with Crippen molar-refractivity contribution in [3.63, 3.8) is 0 Å². The molecule has 0 aliphatic heterocycles. The number of hydroxylamine groups is 1. The normalized spacial score (nSPS) is 11.8. The smallest absolute Gasteiger partial charge is 0.109 e. The second-order valence-electron chi connectivity index (χ2n) is 7.70. The van der Waals surface area contributed by atoms with E-state index in [1.54, 1.807) is 0 Å². The summed E-state index contributed by atoms with van der Waals surface area (Å²) < 4.78 is 0. The molecule has 2 heteroatoms. The van der Waals surface area contributed by atoms with Crippen LogP contribution >= 0.6 is 0 Å². The third-order valence-electron chi connectivity index (χ3n) is 4.94. The van der Waals surface area contributed by atoms with Crippen LogP contribution in [0, 0.1) is 0 Å². The Labute approximate surface area is 156 Å². The molecule has 0 radical (unpaired) electrons. The van der Waals surface area contributed by atoms with Crippen molar-refractivity contribution >= 4 is 0 Å². The molecule has 1 rings (SSSR count). The molecule has 2 nitrogen and oxygen atoms in total. The lowest BCUT2D eigenvalue weighted by Crippen LogP contribution is -2.31. The van der Waals surface area contributed by atoms with Gasteiger partial charge in [0.25, 0.3) is 0 Å². The number of rotatable bonds is 15. The Bertz CT molecular complexity index is 441. The van der Waals surface area contributed by atoms with Gasteiger partial charge in [-0.15, -0.1) is 0 Å². The van der Waals surface area contributed by atoms with E-state index in [-0.39, 0.29) is 5.60 Å². The van der Waals surface area contributed by atoms with Crippen LogP contribution in [-0.4, -0.2) is 6.54 Å². The largest absolute Gasteiger partial charge is 0.291 e. The van der Waals surface area contributed by atoms with E-state index in [0.717, 1.165) is 13.0 Å². The van der Waals surface area contributed by atoms with Crippen molar-refractivity contribution in [2.24, 2.45) is 0 Å². The molecule has 0 heterocycles. The molecule has 0 aliphatic carbocycles. The van der Waals surface area contributed by atoms with Gasteiger partial charge in [0.05, 0.1) is 0 Å². The fourth-order valence-corrected chi connectivity index (χ4v) is 3.44. The quantitative estimate of drug-likeness (QED) is 0.274. The lowest BCUT2D eigenvalue weighted by atomic mass is 9.90. The zero-order chi connectivity index (χ0) is 18.4. The molecule has 0 aromatic heterocycles. The van der Waals surface area contributed by atoms with Gasteiger partial charge in [0, 0.05) is 6.54 Å². The van der Waals surface area contributed by atoms with Crippen molar-refractivity contribution in [3.8, 4) is 0 Å². The van der Waals surface area contributed by atoms with E-state index in [0.29, 0.717) is 0 Å². The van der Waals surface area contributed by atoms with E-state index < -0.39 is 0 Å². The minimum atomic E-state index is -0.287. The van der Waals surface area contributed by atoms with Crippen molar-refractivity contribution in [3.05, 3.63) is 35.4 Å². The number of hydrogen-bond donors (Lipinski definition) is 1. The lowest BCUT2D eigenvalue weighted by Gasteiger charge is -2.27. The summed E-state index contributed by atoms with van der Waals surface area (Å²) in [5, 5.41) is 0. The summed E-state index contributed by atoms with van der Waals surface area (Å²) in [5.74, 6) is 0. The van der Waals surface area contributed by atoms with Gasteiger partial charge in [-0.1, -0.05) is 95.9 Å². The average Bonchev–Trinajstić information content (AvgIpc) is 2.62. The van der Waals surface area contributed by atoms with Gasteiger partial charge < -0.3 is 0 Å². The molecule has 25 heavy (non-hydrogen) atoms. The fourth-order valence-electron chi connectivity index (χ4n) is 3.44. The van der Waals surface area contributed by atoms with Crippen LogP contribution in [-0.2, 0) is 16.9 Å². The second kappa shape index (κ2) is 13.4. The molecule has 1 aromatic carbocycles. The van der Waals surface area contributed by atoms with Gasteiger partial charge in [-0.3, -0.25) is 4.84 Å². The van der Waals surface area contributed by atoms with Crippen LogP contribution in [0.25, 0.3) is 0 Å². The molecule has 0 saturated heterocycles. The highest BCUT2D eigenvalue weighted by molar-refractivity contribution is 5.31. The minimum Gasteiger partial charge on any atom is -0.291 e.